The molecular weight excluding hydrogens is 342 g/mol. The predicted octanol–water partition coefficient (Wildman–Crippen LogP) is 2.60. The van der Waals surface area contributed by atoms with Gasteiger partial charge in [0.15, 0.2) is 0 Å². The SMILES string of the molecule is CCCCCCC(=O)NCC[N+](C)(CCO)CCNC(=O)CCCCCC. The summed E-state index contributed by atoms with van der Waals surface area (Å²) in [6.07, 6.45) is 10.0. The number of likely N-dealkylation sites (N-methyl/N-ethyl adjacent to an activating group) is 1. The van der Waals surface area contributed by atoms with Gasteiger partial charge in [0.1, 0.15) is 6.54 Å². The number of quaternary nitrogens is 1. The number of aliphatic hydroxyl groups excluding tert-OH is 1. The highest BCUT2D eigenvalue weighted by atomic mass is 16.3. The van der Waals surface area contributed by atoms with Crippen LogP contribution < -0.4 is 10.6 Å². The van der Waals surface area contributed by atoms with Gasteiger partial charge < -0.3 is 20.2 Å². The zero-order valence-electron chi connectivity index (χ0n) is 18.0. The molecule has 0 aromatic rings. The number of unbranched alkanes of at least 4 members (excludes halogenated alkanes) is 6. The first-order valence-electron chi connectivity index (χ1n) is 10.9. The van der Waals surface area contributed by atoms with Crippen LogP contribution in [-0.2, 0) is 9.59 Å². The molecule has 0 saturated heterocycles. The number of nitrogens with zero attached hydrogens (tertiary/aromatic N) is 1. The Labute approximate surface area is 166 Å². The molecule has 0 bridgehead atoms. The van der Waals surface area contributed by atoms with Crippen LogP contribution in [0.3, 0.4) is 0 Å². The minimum Gasteiger partial charge on any atom is -0.391 e. The van der Waals surface area contributed by atoms with Crippen molar-refractivity contribution in [1.82, 2.24) is 10.6 Å². The van der Waals surface area contributed by atoms with Crippen molar-refractivity contribution in [1.29, 1.82) is 0 Å². The third-order valence-electron chi connectivity index (χ3n) is 5.10. The molecule has 0 heterocycles. The second-order valence-electron chi connectivity index (χ2n) is 7.84. The van der Waals surface area contributed by atoms with Gasteiger partial charge in [0.2, 0.25) is 11.8 Å². The lowest BCUT2D eigenvalue weighted by Gasteiger charge is -2.34. The molecule has 0 spiro atoms. The summed E-state index contributed by atoms with van der Waals surface area (Å²) in [6.45, 7) is 7.78. The molecule has 0 fully saturated rings. The fourth-order valence-electron chi connectivity index (χ4n) is 3.11. The van der Waals surface area contributed by atoms with Crippen molar-refractivity contribution in [2.24, 2.45) is 0 Å². The zero-order valence-corrected chi connectivity index (χ0v) is 18.0. The van der Waals surface area contributed by atoms with Gasteiger partial charge in [0, 0.05) is 12.8 Å². The molecule has 0 radical (unpaired) electrons. The summed E-state index contributed by atoms with van der Waals surface area (Å²) in [5.41, 5.74) is 0. The number of hydrogen-bond donors (Lipinski definition) is 3. The molecule has 0 unspecified atom stereocenters. The number of rotatable bonds is 18. The first kappa shape index (κ1) is 25.9. The lowest BCUT2D eigenvalue weighted by Crippen LogP contribution is -2.53. The molecule has 0 aliphatic heterocycles. The van der Waals surface area contributed by atoms with Gasteiger partial charge >= 0.3 is 0 Å². The van der Waals surface area contributed by atoms with Crippen molar-refractivity contribution < 1.29 is 19.2 Å². The summed E-state index contributed by atoms with van der Waals surface area (Å²) in [7, 11) is 2.07. The van der Waals surface area contributed by atoms with Crippen LogP contribution in [0.2, 0.25) is 0 Å². The Bertz CT molecular complexity index is 359. The lowest BCUT2D eigenvalue weighted by atomic mass is 10.1. The van der Waals surface area contributed by atoms with Gasteiger partial charge in [-0.25, -0.2) is 0 Å². The summed E-state index contributed by atoms with van der Waals surface area (Å²) >= 11 is 0. The van der Waals surface area contributed by atoms with Crippen molar-refractivity contribution in [3.63, 3.8) is 0 Å². The molecule has 3 N–H and O–H groups in total. The largest absolute Gasteiger partial charge is 0.391 e. The topological polar surface area (TPSA) is 78.4 Å². The Morgan fingerprint density at radius 1 is 0.741 bits per heavy atom. The molecule has 0 aromatic heterocycles. The van der Waals surface area contributed by atoms with Gasteiger partial charge in [-0.2, -0.15) is 0 Å². The average molecular weight is 387 g/mol. The number of carbonyl (C=O) groups excluding carboxylic acids is 2. The van der Waals surface area contributed by atoms with Crippen LogP contribution in [0.1, 0.15) is 78.1 Å². The van der Waals surface area contributed by atoms with Crippen LogP contribution in [0.4, 0.5) is 0 Å². The van der Waals surface area contributed by atoms with Crippen LogP contribution in [0.25, 0.3) is 0 Å². The molecular formula is C21H44N3O3+. The van der Waals surface area contributed by atoms with Gasteiger partial charge in [0.05, 0.1) is 39.8 Å². The van der Waals surface area contributed by atoms with Gasteiger partial charge in [-0.05, 0) is 12.8 Å². The Morgan fingerprint density at radius 3 is 1.56 bits per heavy atom. The fraction of sp³-hybridized carbons (Fsp3) is 0.905. The second kappa shape index (κ2) is 17.0. The fourth-order valence-corrected chi connectivity index (χ4v) is 3.11. The van der Waals surface area contributed by atoms with Gasteiger partial charge in [0.25, 0.3) is 0 Å². The van der Waals surface area contributed by atoms with Crippen LogP contribution in [0, 0.1) is 0 Å². The van der Waals surface area contributed by atoms with E-state index >= 15 is 0 Å². The Hall–Kier alpha value is -1.14. The van der Waals surface area contributed by atoms with Crippen molar-refractivity contribution in [3.05, 3.63) is 0 Å². The predicted molar refractivity (Wildman–Crippen MR) is 111 cm³/mol. The maximum atomic E-state index is 11.9. The molecule has 2 amide bonds. The highest BCUT2D eigenvalue weighted by Gasteiger charge is 2.21. The molecule has 0 aliphatic rings. The molecule has 6 heteroatoms. The summed E-state index contributed by atoms with van der Waals surface area (Å²) < 4.78 is 0.642. The van der Waals surface area contributed by atoms with Crippen molar-refractivity contribution in [3.8, 4) is 0 Å². The van der Waals surface area contributed by atoms with E-state index in [-0.39, 0.29) is 18.4 Å². The van der Waals surface area contributed by atoms with E-state index in [1.165, 1.54) is 25.7 Å². The van der Waals surface area contributed by atoms with Crippen LogP contribution in [-0.4, -0.2) is 67.8 Å². The maximum Gasteiger partial charge on any atom is 0.220 e. The number of hydrogen-bond acceptors (Lipinski definition) is 3. The van der Waals surface area contributed by atoms with Crippen LogP contribution in [0.5, 0.6) is 0 Å². The molecule has 6 nitrogen and oxygen atoms in total. The third kappa shape index (κ3) is 15.6. The zero-order chi connectivity index (χ0) is 20.4. The number of nitrogens with one attached hydrogen (secondary N) is 2. The summed E-state index contributed by atoms with van der Waals surface area (Å²) in [5, 5.41) is 15.3. The molecule has 27 heavy (non-hydrogen) atoms. The summed E-state index contributed by atoms with van der Waals surface area (Å²) in [4.78, 5) is 23.8. The van der Waals surface area contributed by atoms with E-state index in [2.05, 4.69) is 31.5 Å². The summed E-state index contributed by atoms with van der Waals surface area (Å²) in [5.74, 6) is 0.226. The smallest absolute Gasteiger partial charge is 0.220 e. The molecule has 0 aliphatic carbocycles. The molecule has 0 saturated carbocycles. The minimum atomic E-state index is 0.104. The van der Waals surface area contributed by atoms with E-state index in [1.54, 1.807) is 0 Å². The molecule has 160 valence electrons. The standard InChI is InChI=1S/C21H43N3O3/c1-4-6-8-10-12-20(26)22-14-16-24(3,18-19-25)17-15-23-21(27)13-11-9-7-5-2/h25H,4-19H2,1-3H3,(H-,22,23,26,27)/p+1. The van der Waals surface area contributed by atoms with E-state index in [4.69, 9.17) is 0 Å². The minimum absolute atomic E-state index is 0.104. The normalized spacial score (nSPS) is 11.4. The number of amides is 2. The Kier molecular flexibility index (Phi) is 16.3. The Balaban J connectivity index is 4.01. The number of aliphatic hydroxyl groups is 1. The van der Waals surface area contributed by atoms with Gasteiger partial charge in [-0.3, -0.25) is 9.59 Å². The quantitative estimate of drug-likeness (QED) is 0.250. The first-order valence-corrected chi connectivity index (χ1v) is 10.9. The van der Waals surface area contributed by atoms with Gasteiger partial charge in [-0.1, -0.05) is 52.4 Å². The van der Waals surface area contributed by atoms with E-state index < -0.39 is 0 Å². The van der Waals surface area contributed by atoms with E-state index in [1.807, 2.05) is 0 Å². The maximum absolute atomic E-state index is 11.9. The van der Waals surface area contributed by atoms with Crippen molar-refractivity contribution in [2.75, 3.05) is 46.4 Å². The van der Waals surface area contributed by atoms with Gasteiger partial charge in [-0.15, -0.1) is 0 Å². The number of carbonyl (C=O) groups is 2. The van der Waals surface area contributed by atoms with Crippen LogP contribution in [0.15, 0.2) is 0 Å². The van der Waals surface area contributed by atoms with E-state index in [0.717, 1.165) is 38.8 Å². The highest BCUT2D eigenvalue weighted by molar-refractivity contribution is 5.76. The molecule has 0 rings (SSSR count). The van der Waals surface area contributed by atoms with E-state index in [9.17, 15) is 14.7 Å². The van der Waals surface area contributed by atoms with Crippen molar-refractivity contribution in [2.45, 2.75) is 78.1 Å². The monoisotopic (exact) mass is 386 g/mol. The average Bonchev–Trinajstić information content (AvgIpc) is 2.62. The Morgan fingerprint density at radius 2 is 1.19 bits per heavy atom. The molecule has 0 atom stereocenters. The summed E-state index contributed by atoms with van der Waals surface area (Å²) in [6, 6.07) is 0. The second-order valence-corrected chi connectivity index (χ2v) is 7.84. The first-order chi connectivity index (χ1) is 13.0. The molecule has 0 aromatic carbocycles. The van der Waals surface area contributed by atoms with E-state index in [0.29, 0.717) is 37.0 Å². The highest BCUT2D eigenvalue weighted by Crippen LogP contribution is 2.04. The lowest BCUT2D eigenvalue weighted by molar-refractivity contribution is -0.907. The van der Waals surface area contributed by atoms with Crippen LogP contribution >= 0.6 is 0 Å². The van der Waals surface area contributed by atoms with Crippen molar-refractivity contribution >= 4 is 11.8 Å². The third-order valence-corrected chi connectivity index (χ3v) is 5.10.